The Morgan fingerprint density at radius 1 is 1.12 bits per heavy atom. The third-order valence-corrected chi connectivity index (χ3v) is 4.33. The standard InChI is InChI=1S/C16H19N5O3/c22-16(9-21-11-17-10-18-21)20-5-3-19(4-6-20)8-13-1-2-14-15(7-13)24-12-23-14/h1-2,7,10-11H,3-6,8-9,12H2. The second-order valence-corrected chi connectivity index (χ2v) is 5.94. The topological polar surface area (TPSA) is 72.7 Å². The normalized spacial score (nSPS) is 17.2. The maximum Gasteiger partial charge on any atom is 0.244 e. The second-order valence-electron chi connectivity index (χ2n) is 5.94. The molecule has 8 nitrogen and oxygen atoms in total. The van der Waals surface area contributed by atoms with Gasteiger partial charge in [-0.25, -0.2) is 9.67 Å². The smallest absolute Gasteiger partial charge is 0.244 e. The van der Waals surface area contributed by atoms with Crippen molar-refractivity contribution in [3.8, 4) is 11.5 Å². The molecule has 0 saturated carbocycles. The lowest BCUT2D eigenvalue weighted by Gasteiger charge is -2.34. The number of carbonyl (C=O) groups excluding carboxylic acids is 1. The fraction of sp³-hybridized carbons (Fsp3) is 0.438. The quantitative estimate of drug-likeness (QED) is 0.806. The van der Waals surface area contributed by atoms with Crippen LogP contribution in [0.4, 0.5) is 0 Å². The van der Waals surface area contributed by atoms with E-state index in [1.165, 1.54) is 11.9 Å². The lowest BCUT2D eigenvalue weighted by atomic mass is 10.1. The molecule has 8 heteroatoms. The zero-order chi connectivity index (χ0) is 16.4. The first-order valence-corrected chi connectivity index (χ1v) is 7.99. The predicted molar refractivity (Wildman–Crippen MR) is 84.4 cm³/mol. The molecule has 0 unspecified atom stereocenters. The minimum absolute atomic E-state index is 0.0863. The van der Waals surface area contributed by atoms with Crippen LogP contribution in [0.3, 0.4) is 0 Å². The van der Waals surface area contributed by atoms with Crippen LogP contribution in [0.5, 0.6) is 11.5 Å². The molecule has 3 heterocycles. The van der Waals surface area contributed by atoms with Gasteiger partial charge in [-0.1, -0.05) is 6.07 Å². The van der Waals surface area contributed by atoms with Crippen LogP contribution in [0.1, 0.15) is 5.56 Å². The van der Waals surface area contributed by atoms with Crippen molar-refractivity contribution in [3.63, 3.8) is 0 Å². The minimum atomic E-state index is 0.0863. The van der Waals surface area contributed by atoms with E-state index in [2.05, 4.69) is 21.0 Å². The summed E-state index contributed by atoms with van der Waals surface area (Å²) in [6, 6.07) is 6.05. The molecule has 126 valence electrons. The van der Waals surface area contributed by atoms with Crippen LogP contribution in [0.25, 0.3) is 0 Å². The van der Waals surface area contributed by atoms with Crippen LogP contribution in [-0.2, 0) is 17.9 Å². The van der Waals surface area contributed by atoms with Crippen molar-refractivity contribution in [2.24, 2.45) is 0 Å². The van der Waals surface area contributed by atoms with E-state index in [4.69, 9.17) is 9.47 Å². The van der Waals surface area contributed by atoms with Crippen molar-refractivity contribution < 1.29 is 14.3 Å². The zero-order valence-corrected chi connectivity index (χ0v) is 13.3. The molecule has 2 aliphatic heterocycles. The van der Waals surface area contributed by atoms with E-state index in [1.807, 2.05) is 17.0 Å². The van der Waals surface area contributed by atoms with Gasteiger partial charge in [0.1, 0.15) is 19.2 Å². The zero-order valence-electron chi connectivity index (χ0n) is 13.3. The molecule has 4 rings (SSSR count). The average molecular weight is 329 g/mol. The van der Waals surface area contributed by atoms with E-state index in [-0.39, 0.29) is 12.5 Å². The molecule has 1 amide bonds. The van der Waals surface area contributed by atoms with E-state index >= 15 is 0 Å². The van der Waals surface area contributed by atoms with Crippen LogP contribution in [0.2, 0.25) is 0 Å². The molecule has 2 aliphatic rings. The van der Waals surface area contributed by atoms with Crippen LogP contribution in [0.15, 0.2) is 30.9 Å². The summed E-state index contributed by atoms with van der Waals surface area (Å²) in [6.45, 7) is 4.58. The van der Waals surface area contributed by atoms with E-state index in [9.17, 15) is 4.79 Å². The molecule has 0 N–H and O–H groups in total. The Morgan fingerprint density at radius 3 is 2.75 bits per heavy atom. The number of piperazine rings is 1. The van der Waals surface area contributed by atoms with Crippen LogP contribution < -0.4 is 9.47 Å². The summed E-state index contributed by atoms with van der Waals surface area (Å²) in [5, 5.41) is 3.98. The lowest BCUT2D eigenvalue weighted by Crippen LogP contribution is -2.49. The summed E-state index contributed by atoms with van der Waals surface area (Å²) >= 11 is 0. The Labute approximate surface area is 139 Å². The SMILES string of the molecule is O=C(Cn1cncn1)N1CCN(Cc2ccc3c(c2)OCO3)CC1. The first-order chi connectivity index (χ1) is 11.8. The Balaban J connectivity index is 1.29. The van der Waals surface area contributed by atoms with Gasteiger partial charge in [0.15, 0.2) is 11.5 Å². The highest BCUT2D eigenvalue weighted by molar-refractivity contribution is 5.76. The molecule has 1 aromatic carbocycles. The van der Waals surface area contributed by atoms with Gasteiger partial charge in [0.05, 0.1) is 0 Å². The number of rotatable bonds is 4. The first kappa shape index (κ1) is 14.9. The van der Waals surface area contributed by atoms with Crippen molar-refractivity contribution in [2.45, 2.75) is 13.1 Å². The predicted octanol–water partition coefficient (Wildman–Crippen LogP) is 0.351. The number of fused-ring (bicyclic) bond motifs is 1. The second kappa shape index (κ2) is 6.48. The van der Waals surface area contributed by atoms with E-state index in [0.717, 1.165) is 44.2 Å². The average Bonchev–Trinajstić information content (AvgIpc) is 3.26. The van der Waals surface area contributed by atoms with Crippen molar-refractivity contribution >= 4 is 5.91 Å². The van der Waals surface area contributed by atoms with E-state index in [1.54, 1.807) is 11.0 Å². The maximum absolute atomic E-state index is 12.2. The van der Waals surface area contributed by atoms with Gasteiger partial charge in [-0.2, -0.15) is 5.10 Å². The number of carbonyl (C=O) groups is 1. The summed E-state index contributed by atoms with van der Waals surface area (Å²) in [5.41, 5.74) is 1.20. The highest BCUT2D eigenvalue weighted by atomic mass is 16.7. The number of ether oxygens (including phenoxy) is 2. The molecule has 1 fully saturated rings. The molecule has 1 aromatic heterocycles. The van der Waals surface area contributed by atoms with Gasteiger partial charge in [0.2, 0.25) is 12.7 Å². The molecule has 0 aliphatic carbocycles. The largest absolute Gasteiger partial charge is 0.454 e. The number of nitrogens with zero attached hydrogens (tertiary/aromatic N) is 5. The monoisotopic (exact) mass is 329 g/mol. The maximum atomic E-state index is 12.2. The summed E-state index contributed by atoms with van der Waals surface area (Å²) in [4.78, 5) is 20.3. The molecular weight excluding hydrogens is 310 g/mol. The Kier molecular flexibility index (Phi) is 4.04. The van der Waals surface area contributed by atoms with Gasteiger partial charge in [0, 0.05) is 32.7 Å². The summed E-state index contributed by atoms with van der Waals surface area (Å²) in [7, 11) is 0. The molecule has 1 saturated heterocycles. The molecule has 0 bridgehead atoms. The molecule has 24 heavy (non-hydrogen) atoms. The summed E-state index contributed by atoms with van der Waals surface area (Å²) in [6.07, 6.45) is 3.00. The van der Waals surface area contributed by atoms with Crippen LogP contribution >= 0.6 is 0 Å². The molecule has 2 aromatic rings. The molecule has 0 spiro atoms. The highest BCUT2D eigenvalue weighted by Crippen LogP contribution is 2.32. The molecule has 0 radical (unpaired) electrons. The van der Waals surface area contributed by atoms with Gasteiger partial charge in [-0.3, -0.25) is 9.69 Å². The molecule has 0 atom stereocenters. The third kappa shape index (κ3) is 3.18. The number of hydrogen-bond acceptors (Lipinski definition) is 6. The van der Waals surface area contributed by atoms with Crippen molar-refractivity contribution in [1.82, 2.24) is 24.6 Å². The first-order valence-electron chi connectivity index (χ1n) is 7.99. The highest BCUT2D eigenvalue weighted by Gasteiger charge is 2.22. The van der Waals surface area contributed by atoms with Crippen LogP contribution in [-0.4, -0.2) is 63.4 Å². The summed E-state index contributed by atoms with van der Waals surface area (Å²) in [5.74, 6) is 1.71. The van der Waals surface area contributed by atoms with Gasteiger partial charge in [0.25, 0.3) is 0 Å². The lowest BCUT2D eigenvalue weighted by molar-refractivity contribution is -0.133. The van der Waals surface area contributed by atoms with E-state index in [0.29, 0.717) is 6.79 Å². The number of amides is 1. The number of benzene rings is 1. The van der Waals surface area contributed by atoms with Gasteiger partial charge in [-0.15, -0.1) is 0 Å². The fourth-order valence-electron chi connectivity index (χ4n) is 3.01. The Bertz CT molecular complexity index is 711. The van der Waals surface area contributed by atoms with E-state index < -0.39 is 0 Å². The molecular formula is C16H19N5O3. The van der Waals surface area contributed by atoms with Gasteiger partial charge in [-0.05, 0) is 17.7 Å². The third-order valence-electron chi connectivity index (χ3n) is 4.33. The number of hydrogen-bond donors (Lipinski definition) is 0. The minimum Gasteiger partial charge on any atom is -0.454 e. The van der Waals surface area contributed by atoms with Crippen LogP contribution in [0, 0.1) is 0 Å². The van der Waals surface area contributed by atoms with Crippen molar-refractivity contribution in [2.75, 3.05) is 33.0 Å². The van der Waals surface area contributed by atoms with Gasteiger partial charge >= 0.3 is 0 Å². The fourth-order valence-corrected chi connectivity index (χ4v) is 3.01. The van der Waals surface area contributed by atoms with Gasteiger partial charge < -0.3 is 14.4 Å². The Hall–Kier alpha value is -2.61. The Morgan fingerprint density at radius 2 is 1.96 bits per heavy atom. The van der Waals surface area contributed by atoms with Crippen molar-refractivity contribution in [1.29, 1.82) is 0 Å². The number of aromatic nitrogens is 3. The summed E-state index contributed by atoms with van der Waals surface area (Å²) < 4.78 is 12.3. The van der Waals surface area contributed by atoms with Crippen molar-refractivity contribution in [3.05, 3.63) is 36.4 Å².